The smallest absolute Gasteiger partial charge is 0.104 e. The molecule has 4 heteroatoms. The van der Waals surface area contributed by atoms with Gasteiger partial charge < -0.3 is 15.4 Å². The van der Waals surface area contributed by atoms with Gasteiger partial charge in [0.05, 0.1) is 6.61 Å². The predicted octanol–water partition coefficient (Wildman–Crippen LogP) is 2.95. The van der Waals surface area contributed by atoms with Crippen molar-refractivity contribution < 1.29 is 4.74 Å². The van der Waals surface area contributed by atoms with Gasteiger partial charge in [-0.2, -0.15) is 0 Å². The minimum Gasteiger partial charge on any atom is -0.389 e. The molecule has 0 aliphatic carbocycles. The van der Waals surface area contributed by atoms with Crippen LogP contribution >= 0.6 is 12.2 Å². The van der Waals surface area contributed by atoms with Crippen LogP contribution < -0.4 is 10.6 Å². The molecule has 0 bridgehead atoms. The summed E-state index contributed by atoms with van der Waals surface area (Å²) in [4.78, 5) is 2.74. The fourth-order valence-electron chi connectivity index (χ4n) is 2.42. The van der Waals surface area contributed by atoms with Crippen molar-refractivity contribution in [2.75, 3.05) is 31.7 Å². The minimum absolute atomic E-state index is 0.438. The van der Waals surface area contributed by atoms with Crippen LogP contribution in [0.2, 0.25) is 0 Å². The van der Waals surface area contributed by atoms with Gasteiger partial charge in [-0.25, -0.2) is 0 Å². The number of ether oxygens (including phenoxy) is 1. The summed E-state index contributed by atoms with van der Waals surface area (Å²) in [7, 11) is 1.72. The first-order chi connectivity index (χ1) is 9.69. The number of nitrogens with two attached hydrogens (primary N) is 1. The summed E-state index contributed by atoms with van der Waals surface area (Å²) in [6.07, 6.45) is 0. The number of nitrogens with zero attached hydrogens (tertiary/aromatic N) is 1. The Morgan fingerprint density at radius 2 is 1.90 bits per heavy atom. The standard InChI is InChI=1S/C16H20N2OS/c1-3-18(10-11-19-2)15-9-8-14(16(17)20)12-6-4-5-7-13(12)15/h4-9H,3,10-11H2,1-2H3,(H2,17,20). The minimum atomic E-state index is 0.438. The second-order valence-corrected chi connectivity index (χ2v) is 5.05. The Kier molecular flexibility index (Phi) is 4.93. The number of rotatable bonds is 6. The molecule has 20 heavy (non-hydrogen) atoms. The molecule has 0 unspecified atom stereocenters. The van der Waals surface area contributed by atoms with Crippen molar-refractivity contribution in [1.82, 2.24) is 0 Å². The molecule has 0 aromatic heterocycles. The summed E-state index contributed by atoms with van der Waals surface area (Å²) in [5.74, 6) is 0. The largest absolute Gasteiger partial charge is 0.389 e. The molecule has 2 rings (SSSR count). The van der Waals surface area contributed by atoms with Crippen molar-refractivity contribution in [3.05, 3.63) is 42.0 Å². The van der Waals surface area contributed by atoms with Crippen LogP contribution in [0.1, 0.15) is 12.5 Å². The number of hydrogen-bond donors (Lipinski definition) is 1. The van der Waals surface area contributed by atoms with E-state index in [0.717, 1.165) is 24.0 Å². The normalized spacial score (nSPS) is 10.7. The Morgan fingerprint density at radius 1 is 1.20 bits per heavy atom. The quantitative estimate of drug-likeness (QED) is 0.830. The van der Waals surface area contributed by atoms with Gasteiger partial charge in [0.25, 0.3) is 0 Å². The first-order valence-electron chi connectivity index (χ1n) is 6.74. The van der Waals surface area contributed by atoms with Crippen molar-refractivity contribution in [1.29, 1.82) is 0 Å². The molecule has 2 N–H and O–H groups in total. The zero-order chi connectivity index (χ0) is 14.5. The van der Waals surface area contributed by atoms with Gasteiger partial charge in [-0.05, 0) is 24.4 Å². The van der Waals surface area contributed by atoms with Gasteiger partial charge in [0.2, 0.25) is 0 Å². The molecule has 0 heterocycles. The van der Waals surface area contributed by atoms with Crippen molar-refractivity contribution >= 4 is 33.7 Å². The lowest BCUT2D eigenvalue weighted by atomic mass is 10.0. The van der Waals surface area contributed by atoms with Gasteiger partial charge in [0.1, 0.15) is 4.99 Å². The highest BCUT2D eigenvalue weighted by atomic mass is 32.1. The maximum Gasteiger partial charge on any atom is 0.104 e. The summed E-state index contributed by atoms with van der Waals surface area (Å²) in [6.45, 7) is 4.65. The van der Waals surface area contributed by atoms with E-state index in [9.17, 15) is 0 Å². The molecule has 0 saturated heterocycles. The summed E-state index contributed by atoms with van der Waals surface area (Å²) < 4.78 is 5.19. The topological polar surface area (TPSA) is 38.5 Å². The molecular weight excluding hydrogens is 268 g/mol. The Morgan fingerprint density at radius 3 is 2.50 bits per heavy atom. The van der Waals surface area contributed by atoms with Crippen molar-refractivity contribution in [3.63, 3.8) is 0 Å². The van der Waals surface area contributed by atoms with Crippen LogP contribution in [0.4, 0.5) is 5.69 Å². The molecule has 2 aromatic rings. The van der Waals surface area contributed by atoms with E-state index in [1.807, 2.05) is 18.2 Å². The number of likely N-dealkylation sites (N-methyl/N-ethyl adjacent to an activating group) is 1. The van der Waals surface area contributed by atoms with E-state index in [-0.39, 0.29) is 0 Å². The number of thiocarbonyl (C=S) groups is 1. The highest BCUT2D eigenvalue weighted by molar-refractivity contribution is 7.80. The monoisotopic (exact) mass is 288 g/mol. The van der Waals surface area contributed by atoms with E-state index >= 15 is 0 Å². The van der Waals surface area contributed by atoms with Gasteiger partial charge in [0.15, 0.2) is 0 Å². The first-order valence-corrected chi connectivity index (χ1v) is 7.15. The molecule has 106 valence electrons. The van der Waals surface area contributed by atoms with E-state index in [4.69, 9.17) is 22.7 Å². The van der Waals surface area contributed by atoms with Crippen LogP contribution in [0, 0.1) is 0 Å². The number of benzene rings is 2. The van der Waals surface area contributed by atoms with Gasteiger partial charge in [-0.3, -0.25) is 0 Å². The summed E-state index contributed by atoms with van der Waals surface area (Å²) in [5, 5.41) is 2.28. The lowest BCUT2D eigenvalue weighted by Gasteiger charge is -2.25. The molecule has 0 radical (unpaired) electrons. The Hall–Kier alpha value is -1.65. The van der Waals surface area contributed by atoms with E-state index in [1.54, 1.807) is 7.11 Å². The van der Waals surface area contributed by atoms with Crippen LogP contribution in [0.3, 0.4) is 0 Å². The first kappa shape index (κ1) is 14.8. The van der Waals surface area contributed by atoms with Crippen molar-refractivity contribution in [3.8, 4) is 0 Å². The van der Waals surface area contributed by atoms with Crippen LogP contribution in [0.25, 0.3) is 10.8 Å². The molecule has 0 aliphatic rings. The Labute approximate surface area is 125 Å². The molecule has 0 saturated carbocycles. The third-order valence-corrected chi connectivity index (χ3v) is 3.67. The highest BCUT2D eigenvalue weighted by Gasteiger charge is 2.11. The summed E-state index contributed by atoms with van der Waals surface area (Å²) >= 11 is 5.14. The fraction of sp³-hybridized carbons (Fsp3) is 0.312. The van der Waals surface area contributed by atoms with Crippen LogP contribution in [-0.2, 0) is 4.74 Å². The molecule has 0 fully saturated rings. The Balaban J connectivity index is 2.54. The molecule has 3 nitrogen and oxygen atoms in total. The van der Waals surface area contributed by atoms with Gasteiger partial charge in [0, 0.05) is 36.8 Å². The number of methoxy groups -OCH3 is 1. The van der Waals surface area contributed by atoms with Crippen molar-refractivity contribution in [2.45, 2.75) is 6.92 Å². The zero-order valence-corrected chi connectivity index (χ0v) is 12.7. The van der Waals surface area contributed by atoms with Gasteiger partial charge >= 0.3 is 0 Å². The van der Waals surface area contributed by atoms with Crippen LogP contribution in [0.5, 0.6) is 0 Å². The molecule has 0 aliphatic heterocycles. The maximum atomic E-state index is 5.82. The van der Waals surface area contributed by atoms with Crippen molar-refractivity contribution in [2.24, 2.45) is 5.73 Å². The maximum absolute atomic E-state index is 5.82. The van der Waals surface area contributed by atoms with Crippen LogP contribution in [-0.4, -0.2) is 31.8 Å². The van der Waals surface area contributed by atoms with E-state index < -0.39 is 0 Å². The summed E-state index contributed by atoms with van der Waals surface area (Å²) in [6, 6.07) is 12.3. The lowest BCUT2D eigenvalue weighted by Crippen LogP contribution is -2.27. The predicted molar refractivity (Wildman–Crippen MR) is 89.6 cm³/mol. The van der Waals surface area contributed by atoms with Gasteiger partial charge in [-0.15, -0.1) is 0 Å². The highest BCUT2D eigenvalue weighted by Crippen LogP contribution is 2.29. The Bertz CT molecular complexity index is 612. The molecule has 0 atom stereocenters. The average molecular weight is 288 g/mol. The van der Waals surface area contributed by atoms with E-state index in [2.05, 4.69) is 30.0 Å². The molecule has 0 amide bonds. The third kappa shape index (κ3) is 2.92. The zero-order valence-electron chi connectivity index (χ0n) is 11.9. The second kappa shape index (κ2) is 6.68. The lowest BCUT2D eigenvalue weighted by molar-refractivity contribution is 0.205. The van der Waals surface area contributed by atoms with E-state index in [0.29, 0.717) is 11.6 Å². The third-order valence-electron chi connectivity index (χ3n) is 3.45. The van der Waals surface area contributed by atoms with Gasteiger partial charge in [-0.1, -0.05) is 36.5 Å². The van der Waals surface area contributed by atoms with E-state index in [1.165, 1.54) is 11.1 Å². The molecule has 2 aromatic carbocycles. The molecular formula is C16H20N2OS. The fourth-order valence-corrected chi connectivity index (χ4v) is 2.60. The van der Waals surface area contributed by atoms with Crippen LogP contribution in [0.15, 0.2) is 36.4 Å². The number of fused-ring (bicyclic) bond motifs is 1. The number of hydrogen-bond acceptors (Lipinski definition) is 3. The molecule has 0 spiro atoms. The second-order valence-electron chi connectivity index (χ2n) is 4.61. The average Bonchev–Trinajstić information content (AvgIpc) is 2.47. The number of anilines is 1. The SMILES string of the molecule is CCN(CCOC)c1ccc(C(N)=S)c2ccccc12. The summed E-state index contributed by atoms with van der Waals surface area (Å²) in [5.41, 5.74) is 7.94.